The van der Waals surface area contributed by atoms with Gasteiger partial charge in [0.05, 0.1) is 11.6 Å². The van der Waals surface area contributed by atoms with Gasteiger partial charge in [0.2, 0.25) is 5.43 Å². The van der Waals surface area contributed by atoms with E-state index in [-0.39, 0.29) is 23.0 Å². The topological polar surface area (TPSA) is 60.3 Å². The van der Waals surface area contributed by atoms with E-state index in [1.54, 1.807) is 18.3 Å². The summed E-state index contributed by atoms with van der Waals surface area (Å²) in [4.78, 5) is 25.2. The second kappa shape index (κ2) is 6.95. The van der Waals surface area contributed by atoms with Crippen LogP contribution in [-0.4, -0.2) is 29.7 Å². The number of carbonyl (C=O) groups is 1. The maximum absolute atomic E-state index is 12.7. The van der Waals surface area contributed by atoms with Crippen LogP contribution in [0, 0.1) is 6.92 Å². The first-order chi connectivity index (χ1) is 11.5. The van der Waals surface area contributed by atoms with Gasteiger partial charge in [0.25, 0.3) is 5.91 Å². The molecule has 1 unspecified atom stereocenters. The molecule has 0 aliphatic carbocycles. The maximum atomic E-state index is 12.7. The van der Waals surface area contributed by atoms with E-state index in [2.05, 4.69) is 5.32 Å². The molecule has 2 heterocycles. The molecule has 1 amide bonds. The quantitative estimate of drug-likeness (QED) is 0.924. The largest absolute Gasteiger partial charge is 0.376 e. The summed E-state index contributed by atoms with van der Waals surface area (Å²) in [5, 5.41) is 3.95. The van der Waals surface area contributed by atoms with Crippen LogP contribution >= 0.6 is 11.6 Å². The van der Waals surface area contributed by atoms with E-state index < -0.39 is 0 Å². The van der Waals surface area contributed by atoms with E-state index in [0.717, 1.165) is 30.5 Å². The Hall–Kier alpha value is -1.85. The number of nitrogens with one attached hydrogen (secondary N) is 1. The molecule has 6 heteroatoms. The normalized spacial score (nSPS) is 17.4. The predicted molar refractivity (Wildman–Crippen MR) is 94.9 cm³/mol. The van der Waals surface area contributed by atoms with Crippen LogP contribution in [0.1, 0.15) is 35.7 Å². The van der Waals surface area contributed by atoms with Gasteiger partial charge in [-0.1, -0.05) is 11.6 Å². The number of rotatable bonds is 4. The first-order valence-corrected chi connectivity index (χ1v) is 8.62. The van der Waals surface area contributed by atoms with Crippen LogP contribution in [0.5, 0.6) is 0 Å². The molecule has 1 aromatic carbocycles. The Bertz CT molecular complexity index is 838. The molecule has 5 nitrogen and oxygen atoms in total. The highest BCUT2D eigenvalue weighted by atomic mass is 35.5. The minimum absolute atomic E-state index is 0.0452. The number of aromatic nitrogens is 1. The van der Waals surface area contributed by atoms with E-state index >= 15 is 0 Å². The van der Waals surface area contributed by atoms with Crippen molar-refractivity contribution >= 4 is 28.4 Å². The van der Waals surface area contributed by atoms with E-state index in [0.29, 0.717) is 23.5 Å². The zero-order valence-electron chi connectivity index (χ0n) is 13.9. The zero-order valence-corrected chi connectivity index (χ0v) is 14.7. The Morgan fingerprint density at radius 1 is 1.46 bits per heavy atom. The number of hydrogen-bond acceptors (Lipinski definition) is 3. The zero-order chi connectivity index (χ0) is 17.3. The Morgan fingerprint density at radius 3 is 2.92 bits per heavy atom. The summed E-state index contributed by atoms with van der Waals surface area (Å²) in [6.07, 6.45) is 3.62. The van der Waals surface area contributed by atoms with Crippen molar-refractivity contribution in [3.63, 3.8) is 0 Å². The van der Waals surface area contributed by atoms with Crippen molar-refractivity contribution in [2.45, 2.75) is 39.3 Å². The van der Waals surface area contributed by atoms with Gasteiger partial charge in [-0.05, 0) is 44.4 Å². The van der Waals surface area contributed by atoms with Crippen LogP contribution in [-0.2, 0) is 11.3 Å². The Labute approximate surface area is 145 Å². The predicted octanol–water partition coefficient (Wildman–Crippen LogP) is 2.89. The molecule has 128 valence electrons. The minimum Gasteiger partial charge on any atom is -0.376 e. The van der Waals surface area contributed by atoms with Gasteiger partial charge in [-0.2, -0.15) is 0 Å². The number of aryl methyl sites for hydroxylation is 2. The van der Waals surface area contributed by atoms with Gasteiger partial charge in [0, 0.05) is 36.3 Å². The van der Waals surface area contributed by atoms with Gasteiger partial charge in [0.15, 0.2) is 0 Å². The SMILES string of the molecule is CCn1cc(C(=O)NCC2CCCO2)c(=O)c2ccc(Cl)c(C)c21. The summed E-state index contributed by atoms with van der Waals surface area (Å²) < 4.78 is 7.40. The van der Waals surface area contributed by atoms with Crippen molar-refractivity contribution in [1.29, 1.82) is 0 Å². The highest BCUT2D eigenvalue weighted by Crippen LogP contribution is 2.24. The molecule has 1 aliphatic rings. The molecule has 1 aromatic heterocycles. The number of halogens is 1. The van der Waals surface area contributed by atoms with Crippen LogP contribution in [0.15, 0.2) is 23.1 Å². The number of benzene rings is 1. The van der Waals surface area contributed by atoms with Gasteiger partial charge in [-0.15, -0.1) is 0 Å². The molecule has 3 rings (SSSR count). The fourth-order valence-corrected chi connectivity index (χ4v) is 3.32. The molecule has 1 saturated heterocycles. The first kappa shape index (κ1) is 17.0. The lowest BCUT2D eigenvalue weighted by molar-refractivity contribution is 0.0856. The fraction of sp³-hybridized carbons (Fsp3) is 0.444. The summed E-state index contributed by atoms with van der Waals surface area (Å²) >= 11 is 6.19. The average molecular weight is 349 g/mol. The van der Waals surface area contributed by atoms with Crippen LogP contribution < -0.4 is 10.7 Å². The average Bonchev–Trinajstić information content (AvgIpc) is 3.10. The van der Waals surface area contributed by atoms with E-state index in [1.807, 2.05) is 18.4 Å². The highest BCUT2D eigenvalue weighted by molar-refractivity contribution is 6.32. The van der Waals surface area contributed by atoms with Gasteiger partial charge < -0.3 is 14.6 Å². The fourth-order valence-electron chi connectivity index (χ4n) is 3.17. The lowest BCUT2D eigenvalue weighted by atomic mass is 10.1. The van der Waals surface area contributed by atoms with Crippen LogP contribution in [0.4, 0.5) is 0 Å². The van der Waals surface area contributed by atoms with E-state index in [4.69, 9.17) is 16.3 Å². The highest BCUT2D eigenvalue weighted by Gasteiger charge is 2.20. The van der Waals surface area contributed by atoms with Gasteiger partial charge in [-0.25, -0.2) is 0 Å². The van der Waals surface area contributed by atoms with Crippen molar-refractivity contribution in [3.05, 3.63) is 44.7 Å². The van der Waals surface area contributed by atoms with Crippen LogP contribution in [0.2, 0.25) is 5.02 Å². The van der Waals surface area contributed by atoms with Crippen molar-refractivity contribution in [1.82, 2.24) is 9.88 Å². The van der Waals surface area contributed by atoms with Crippen LogP contribution in [0.25, 0.3) is 10.9 Å². The molecular formula is C18H21ClN2O3. The standard InChI is InChI=1S/C18H21ClN2O3/c1-3-21-10-14(18(23)20-9-12-5-4-8-24-12)17(22)13-6-7-15(19)11(2)16(13)21/h6-7,10,12H,3-5,8-9H2,1-2H3,(H,20,23). The number of carbonyl (C=O) groups excluding carboxylic acids is 1. The molecule has 1 fully saturated rings. The third-order valence-corrected chi connectivity index (χ3v) is 4.94. The number of hydrogen-bond donors (Lipinski definition) is 1. The summed E-state index contributed by atoms with van der Waals surface area (Å²) in [5.41, 5.74) is 1.52. The van der Waals surface area contributed by atoms with Crippen molar-refractivity contribution in [3.8, 4) is 0 Å². The van der Waals surface area contributed by atoms with E-state index in [1.165, 1.54) is 0 Å². The van der Waals surface area contributed by atoms with Crippen LogP contribution in [0.3, 0.4) is 0 Å². The number of ether oxygens (including phenoxy) is 1. The Kier molecular flexibility index (Phi) is 4.92. The summed E-state index contributed by atoms with van der Waals surface area (Å²) in [7, 11) is 0. The van der Waals surface area contributed by atoms with Crippen molar-refractivity contribution in [2.75, 3.05) is 13.2 Å². The molecular weight excluding hydrogens is 328 g/mol. The third-order valence-electron chi connectivity index (χ3n) is 4.53. The molecule has 1 N–H and O–H groups in total. The minimum atomic E-state index is -0.354. The lowest BCUT2D eigenvalue weighted by Crippen LogP contribution is -2.35. The number of amides is 1. The second-order valence-electron chi connectivity index (χ2n) is 6.07. The monoisotopic (exact) mass is 348 g/mol. The van der Waals surface area contributed by atoms with Crippen molar-refractivity contribution < 1.29 is 9.53 Å². The summed E-state index contributed by atoms with van der Waals surface area (Å²) in [6.45, 7) is 5.66. The molecule has 1 atom stereocenters. The molecule has 0 bridgehead atoms. The number of fused-ring (bicyclic) bond motifs is 1. The number of nitrogens with zero attached hydrogens (tertiary/aromatic N) is 1. The summed E-state index contributed by atoms with van der Waals surface area (Å²) in [5.74, 6) is -0.354. The maximum Gasteiger partial charge on any atom is 0.256 e. The van der Waals surface area contributed by atoms with Gasteiger partial charge in [-0.3, -0.25) is 9.59 Å². The molecule has 1 aliphatic heterocycles. The third kappa shape index (κ3) is 3.06. The van der Waals surface area contributed by atoms with Crippen molar-refractivity contribution in [2.24, 2.45) is 0 Å². The first-order valence-electron chi connectivity index (χ1n) is 8.25. The van der Waals surface area contributed by atoms with E-state index in [9.17, 15) is 9.59 Å². The molecule has 2 aromatic rings. The molecule has 0 spiro atoms. The Balaban J connectivity index is 1.99. The second-order valence-corrected chi connectivity index (χ2v) is 6.48. The lowest BCUT2D eigenvalue weighted by Gasteiger charge is -2.15. The summed E-state index contributed by atoms with van der Waals surface area (Å²) in [6, 6.07) is 3.39. The number of pyridine rings is 1. The molecule has 24 heavy (non-hydrogen) atoms. The van der Waals surface area contributed by atoms with Gasteiger partial charge >= 0.3 is 0 Å². The molecule has 0 saturated carbocycles. The molecule has 0 radical (unpaired) electrons. The smallest absolute Gasteiger partial charge is 0.256 e. The Morgan fingerprint density at radius 2 is 2.25 bits per heavy atom. The van der Waals surface area contributed by atoms with Gasteiger partial charge in [0.1, 0.15) is 5.56 Å².